The average molecular weight is 396 g/mol. The van der Waals surface area contributed by atoms with Crippen molar-refractivity contribution in [1.82, 2.24) is 9.78 Å². The van der Waals surface area contributed by atoms with E-state index in [0.29, 0.717) is 17.3 Å². The van der Waals surface area contributed by atoms with Crippen LogP contribution in [0.3, 0.4) is 0 Å². The van der Waals surface area contributed by atoms with E-state index in [2.05, 4.69) is 22.5 Å². The maximum absolute atomic E-state index is 12.7. The highest BCUT2D eigenvalue weighted by Gasteiger charge is 2.17. The van der Waals surface area contributed by atoms with Gasteiger partial charge >= 0.3 is 0 Å². The van der Waals surface area contributed by atoms with Gasteiger partial charge in [0.25, 0.3) is 5.56 Å². The van der Waals surface area contributed by atoms with Crippen molar-refractivity contribution in [3.63, 3.8) is 0 Å². The summed E-state index contributed by atoms with van der Waals surface area (Å²) < 4.78 is 6.48. The van der Waals surface area contributed by atoms with Crippen molar-refractivity contribution >= 4 is 23.0 Å². The largest absolute Gasteiger partial charge is 0.497 e. The zero-order chi connectivity index (χ0) is 19.5. The molecule has 0 amide bonds. The molecule has 0 radical (unpaired) electrons. The number of anilines is 2. The molecule has 0 atom stereocenters. The van der Waals surface area contributed by atoms with Crippen LogP contribution in [0.4, 0.5) is 11.4 Å². The lowest BCUT2D eigenvalue weighted by Crippen LogP contribution is -2.22. The minimum Gasteiger partial charge on any atom is -0.497 e. The summed E-state index contributed by atoms with van der Waals surface area (Å²) in [6.45, 7) is 0. The Morgan fingerprint density at radius 2 is 1.75 bits per heavy atom. The standard InChI is InChI=1S/C22H22ClN3O2/c1-28-19-12-8-17(9-13-19)25-20-14-24-26(22(27)21(20)23)18-10-6-16(7-11-18)15-4-2-3-5-15/h6-15,25H,2-5H2,1H3. The van der Waals surface area contributed by atoms with Crippen molar-refractivity contribution in [3.05, 3.63) is 75.7 Å². The highest BCUT2D eigenvalue weighted by atomic mass is 35.5. The quantitative estimate of drug-likeness (QED) is 0.637. The molecule has 5 nitrogen and oxygen atoms in total. The van der Waals surface area contributed by atoms with Crippen molar-refractivity contribution < 1.29 is 4.74 Å². The highest BCUT2D eigenvalue weighted by Crippen LogP contribution is 2.34. The first-order chi connectivity index (χ1) is 13.7. The molecule has 4 rings (SSSR count). The molecule has 2 aromatic carbocycles. The SMILES string of the molecule is COc1ccc(Nc2cnn(-c3ccc(C4CCCC4)cc3)c(=O)c2Cl)cc1. The van der Waals surface area contributed by atoms with Gasteiger partial charge in [-0.3, -0.25) is 4.79 Å². The summed E-state index contributed by atoms with van der Waals surface area (Å²) in [5.74, 6) is 1.39. The van der Waals surface area contributed by atoms with Crippen molar-refractivity contribution in [3.8, 4) is 11.4 Å². The summed E-state index contributed by atoms with van der Waals surface area (Å²) in [6, 6.07) is 15.4. The van der Waals surface area contributed by atoms with E-state index in [9.17, 15) is 4.79 Å². The molecule has 0 bridgehead atoms. The van der Waals surface area contributed by atoms with Gasteiger partial charge in [-0.1, -0.05) is 36.6 Å². The first-order valence-electron chi connectivity index (χ1n) is 9.45. The molecule has 28 heavy (non-hydrogen) atoms. The van der Waals surface area contributed by atoms with Crippen molar-refractivity contribution in [1.29, 1.82) is 0 Å². The number of methoxy groups -OCH3 is 1. The van der Waals surface area contributed by atoms with Crippen LogP contribution in [0.1, 0.15) is 37.2 Å². The molecule has 1 aliphatic carbocycles. The van der Waals surface area contributed by atoms with E-state index < -0.39 is 0 Å². The second kappa shape index (κ2) is 8.07. The third-order valence-electron chi connectivity index (χ3n) is 5.25. The Balaban J connectivity index is 1.57. The number of benzene rings is 2. The van der Waals surface area contributed by atoms with Crippen LogP contribution < -0.4 is 15.6 Å². The predicted octanol–water partition coefficient (Wildman–Crippen LogP) is 5.30. The van der Waals surface area contributed by atoms with Crippen LogP contribution in [-0.2, 0) is 0 Å². The molecule has 1 aromatic heterocycles. The Bertz CT molecular complexity index is 1010. The molecule has 1 aliphatic rings. The number of halogens is 1. The number of hydrogen-bond donors (Lipinski definition) is 1. The Morgan fingerprint density at radius 1 is 1.07 bits per heavy atom. The number of hydrogen-bond acceptors (Lipinski definition) is 4. The summed E-state index contributed by atoms with van der Waals surface area (Å²) >= 11 is 6.33. The second-order valence-corrected chi connectivity index (χ2v) is 7.39. The lowest BCUT2D eigenvalue weighted by Gasteiger charge is -2.12. The second-order valence-electron chi connectivity index (χ2n) is 7.02. The number of rotatable bonds is 5. The van der Waals surface area contributed by atoms with E-state index in [0.717, 1.165) is 11.4 Å². The molecular weight excluding hydrogens is 374 g/mol. The zero-order valence-corrected chi connectivity index (χ0v) is 16.4. The van der Waals surface area contributed by atoms with E-state index in [1.54, 1.807) is 13.3 Å². The molecule has 0 aliphatic heterocycles. The molecule has 0 unspecified atom stereocenters. The van der Waals surface area contributed by atoms with Gasteiger partial charge in [-0.2, -0.15) is 9.78 Å². The van der Waals surface area contributed by atoms with Gasteiger partial charge in [-0.15, -0.1) is 0 Å². The zero-order valence-electron chi connectivity index (χ0n) is 15.7. The van der Waals surface area contributed by atoms with E-state index >= 15 is 0 Å². The molecule has 0 spiro atoms. The van der Waals surface area contributed by atoms with Crippen molar-refractivity contribution in [2.24, 2.45) is 0 Å². The lowest BCUT2D eigenvalue weighted by atomic mass is 9.98. The summed E-state index contributed by atoms with van der Waals surface area (Å²) in [4.78, 5) is 12.7. The molecule has 1 heterocycles. The molecular formula is C22H22ClN3O2. The number of nitrogens with zero attached hydrogens (tertiary/aromatic N) is 2. The van der Waals surface area contributed by atoms with Crippen molar-refractivity contribution in [2.75, 3.05) is 12.4 Å². The Morgan fingerprint density at radius 3 is 2.39 bits per heavy atom. The fraction of sp³-hybridized carbons (Fsp3) is 0.273. The first kappa shape index (κ1) is 18.6. The van der Waals surface area contributed by atoms with Crippen molar-refractivity contribution in [2.45, 2.75) is 31.6 Å². The number of nitrogens with one attached hydrogen (secondary N) is 1. The van der Waals surface area contributed by atoms with Crippen LogP contribution in [0.15, 0.2) is 59.5 Å². The van der Waals surface area contributed by atoms with Gasteiger partial charge in [-0.05, 0) is 60.7 Å². The summed E-state index contributed by atoms with van der Waals surface area (Å²) in [6.07, 6.45) is 6.65. The molecule has 3 aromatic rings. The summed E-state index contributed by atoms with van der Waals surface area (Å²) in [5, 5.41) is 7.53. The third kappa shape index (κ3) is 3.76. The fourth-order valence-corrected chi connectivity index (χ4v) is 3.86. The minimum atomic E-state index is -0.353. The van der Waals surface area contributed by atoms with Crippen LogP contribution in [0, 0.1) is 0 Å². The maximum Gasteiger partial charge on any atom is 0.292 e. The maximum atomic E-state index is 12.7. The molecule has 0 saturated heterocycles. The molecule has 144 valence electrons. The number of aromatic nitrogens is 2. The van der Waals surface area contributed by atoms with Gasteiger partial charge in [-0.25, -0.2) is 0 Å². The average Bonchev–Trinajstić information content (AvgIpc) is 3.27. The molecule has 6 heteroatoms. The topological polar surface area (TPSA) is 56.1 Å². The molecule has 1 N–H and O–H groups in total. The number of ether oxygens (including phenoxy) is 1. The van der Waals surface area contributed by atoms with E-state index in [4.69, 9.17) is 16.3 Å². The molecule has 1 saturated carbocycles. The van der Waals surface area contributed by atoms with Gasteiger partial charge < -0.3 is 10.1 Å². The minimum absolute atomic E-state index is 0.102. The van der Waals surface area contributed by atoms with Crippen LogP contribution in [0.2, 0.25) is 5.02 Å². The van der Waals surface area contributed by atoms with E-state index in [1.807, 2.05) is 36.4 Å². The summed E-state index contributed by atoms with van der Waals surface area (Å²) in [5.41, 5.74) is 2.95. The van der Waals surface area contributed by atoms with Crippen LogP contribution in [-0.4, -0.2) is 16.9 Å². The van der Waals surface area contributed by atoms with Crippen LogP contribution in [0.25, 0.3) is 5.69 Å². The van der Waals surface area contributed by atoms with Crippen LogP contribution in [0.5, 0.6) is 5.75 Å². The molecule has 1 fully saturated rings. The smallest absolute Gasteiger partial charge is 0.292 e. The Hall–Kier alpha value is -2.79. The van der Waals surface area contributed by atoms with Crippen LogP contribution >= 0.6 is 11.6 Å². The van der Waals surface area contributed by atoms with Gasteiger partial charge in [0.1, 0.15) is 10.8 Å². The Kier molecular flexibility index (Phi) is 5.35. The van der Waals surface area contributed by atoms with Gasteiger partial charge in [0.05, 0.1) is 24.7 Å². The Labute approximate surface area is 168 Å². The van der Waals surface area contributed by atoms with E-state index in [-0.39, 0.29) is 10.6 Å². The monoisotopic (exact) mass is 395 g/mol. The third-order valence-corrected chi connectivity index (χ3v) is 5.62. The fourth-order valence-electron chi connectivity index (χ4n) is 3.68. The predicted molar refractivity (Wildman–Crippen MR) is 112 cm³/mol. The van der Waals surface area contributed by atoms with Gasteiger partial charge in [0.2, 0.25) is 0 Å². The normalized spacial score (nSPS) is 14.2. The van der Waals surface area contributed by atoms with E-state index in [1.165, 1.54) is 35.9 Å². The summed E-state index contributed by atoms with van der Waals surface area (Å²) in [7, 11) is 1.61. The highest BCUT2D eigenvalue weighted by molar-refractivity contribution is 6.33. The first-order valence-corrected chi connectivity index (χ1v) is 9.83. The lowest BCUT2D eigenvalue weighted by molar-refractivity contribution is 0.415. The van der Waals surface area contributed by atoms with Gasteiger partial charge in [0.15, 0.2) is 0 Å². The van der Waals surface area contributed by atoms with Gasteiger partial charge in [0, 0.05) is 5.69 Å².